The Morgan fingerprint density at radius 2 is 1.97 bits per heavy atom. The van der Waals surface area contributed by atoms with Crippen molar-refractivity contribution >= 4 is 22.7 Å². The lowest BCUT2D eigenvalue weighted by Gasteiger charge is -2.21. The van der Waals surface area contributed by atoms with Gasteiger partial charge in [-0.3, -0.25) is 4.98 Å². The summed E-state index contributed by atoms with van der Waals surface area (Å²) >= 11 is 0. The van der Waals surface area contributed by atoms with Crippen molar-refractivity contribution in [1.82, 2.24) is 15.0 Å². The third-order valence-corrected chi connectivity index (χ3v) is 5.87. The van der Waals surface area contributed by atoms with Gasteiger partial charge < -0.3 is 15.0 Å². The lowest BCUT2D eigenvalue weighted by molar-refractivity contribution is 0.185. The smallest absolute Gasteiger partial charge is 0.225 e. The molecule has 1 aromatic carbocycles. The second-order valence-corrected chi connectivity index (χ2v) is 7.80. The molecule has 2 aromatic heterocycles. The van der Waals surface area contributed by atoms with E-state index in [0.29, 0.717) is 25.0 Å². The largest absolute Gasteiger partial charge is 0.379 e. The Morgan fingerprint density at radius 3 is 2.86 bits per heavy atom. The molecule has 0 amide bonds. The van der Waals surface area contributed by atoms with Crippen LogP contribution in [0.15, 0.2) is 42.7 Å². The van der Waals surface area contributed by atoms with E-state index >= 15 is 0 Å². The number of para-hydroxylation sites is 1. The number of ether oxygens (including phenoxy) is 1. The SMILES string of the molecule is Fc1cnc(NC2COCC2Cc2ccnc3ccccc23)nc1N1CCCC1. The third-order valence-electron chi connectivity index (χ3n) is 5.87. The van der Waals surface area contributed by atoms with Crippen molar-refractivity contribution in [1.29, 1.82) is 0 Å². The number of halogens is 1. The van der Waals surface area contributed by atoms with E-state index in [1.165, 1.54) is 17.1 Å². The summed E-state index contributed by atoms with van der Waals surface area (Å²) in [5, 5.41) is 4.57. The molecule has 5 rings (SSSR count). The number of hydrogen-bond donors (Lipinski definition) is 1. The van der Waals surface area contributed by atoms with Crippen LogP contribution in [-0.4, -0.2) is 47.3 Å². The van der Waals surface area contributed by atoms with Gasteiger partial charge in [-0.25, -0.2) is 9.37 Å². The number of benzene rings is 1. The highest BCUT2D eigenvalue weighted by atomic mass is 19.1. The molecule has 4 heterocycles. The molecule has 2 unspecified atom stereocenters. The van der Waals surface area contributed by atoms with Crippen LogP contribution in [0.1, 0.15) is 18.4 Å². The van der Waals surface area contributed by atoms with E-state index in [4.69, 9.17) is 4.74 Å². The monoisotopic (exact) mass is 393 g/mol. The van der Waals surface area contributed by atoms with Gasteiger partial charge in [0, 0.05) is 30.6 Å². The van der Waals surface area contributed by atoms with E-state index in [1.54, 1.807) is 0 Å². The van der Waals surface area contributed by atoms with Gasteiger partial charge in [0.2, 0.25) is 5.95 Å². The lowest BCUT2D eigenvalue weighted by Crippen LogP contribution is -2.31. The van der Waals surface area contributed by atoms with Crippen molar-refractivity contribution in [2.24, 2.45) is 5.92 Å². The Bertz CT molecular complexity index is 1000. The van der Waals surface area contributed by atoms with Crippen LogP contribution < -0.4 is 10.2 Å². The van der Waals surface area contributed by atoms with Crippen molar-refractivity contribution in [3.63, 3.8) is 0 Å². The van der Waals surface area contributed by atoms with Crippen LogP contribution in [0.3, 0.4) is 0 Å². The number of nitrogens with zero attached hydrogens (tertiary/aromatic N) is 4. The molecule has 0 saturated carbocycles. The topological polar surface area (TPSA) is 63.2 Å². The van der Waals surface area contributed by atoms with Gasteiger partial charge in [-0.2, -0.15) is 4.98 Å². The first kappa shape index (κ1) is 18.2. The zero-order valence-corrected chi connectivity index (χ0v) is 16.2. The minimum Gasteiger partial charge on any atom is -0.379 e. The molecule has 2 saturated heterocycles. The van der Waals surface area contributed by atoms with Gasteiger partial charge in [0.25, 0.3) is 0 Å². The number of anilines is 2. The molecule has 2 aliphatic heterocycles. The predicted molar refractivity (Wildman–Crippen MR) is 111 cm³/mol. The van der Waals surface area contributed by atoms with Gasteiger partial charge in [0.1, 0.15) is 0 Å². The summed E-state index contributed by atoms with van der Waals surface area (Å²) in [5.41, 5.74) is 2.27. The Labute approximate surface area is 169 Å². The summed E-state index contributed by atoms with van der Waals surface area (Å²) in [4.78, 5) is 15.1. The van der Waals surface area contributed by atoms with E-state index < -0.39 is 0 Å². The third kappa shape index (κ3) is 3.74. The van der Waals surface area contributed by atoms with Gasteiger partial charge in [-0.15, -0.1) is 0 Å². The Morgan fingerprint density at radius 1 is 1.10 bits per heavy atom. The van der Waals surface area contributed by atoms with Crippen molar-refractivity contribution in [3.8, 4) is 0 Å². The van der Waals surface area contributed by atoms with Gasteiger partial charge in [0.15, 0.2) is 11.6 Å². The summed E-state index contributed by atoms with van der Waals surface area (Å²) in [7, 11) is 0. The molecule has 2 fully saturated rings. The van der Waals surface area contributed by atoms with Crippen LogP contribution in [0.2, 0.25) is 0 Å². The molecule has 0 radical (unpaired) electrons. The first-order chi connectivity index (χ1) is 14.3. The number of fused-ring (bicyclic) bond motifs is 1. The fourth-order valence-corrected chi connectivity index (χ4v) is 4.32. The van der Waals surface area contributed by atoms with E-state index in [0.717, 1.165) is 37.9 Å². The average Bonchev–Trinajstić information content (AvgIpc) is 3.42. The highest BCUT2D eigenvalue weighted by molar-refractivity contribution is 5.81. The predicted octanol–water partition coefficient (Wildman–Crippen LogP) is 3.43. The van der Waals surface area contributed by atoms with Crippen LogP contribution in [0.5, 0.6) is 0 Å². The van der Waals surface area contributed by atoms with Crippen molar-refractivity contribution in [2.75, 3.05) is 36.5 Å². The van der Waals surface area contributed by atoms with Crippen LogP contribution in [0.4, 0.5) is 16.2 Å². The van der Waals surface area contributed by atoms with E-state index in [9.17, 15) is 4.39 Å². The summed E-state index contributed by atoms with van der Waals surface area (Å²) in [5.74, 6) is 0.786. The molecule has 29 heavy (non-hydrogen) atoms. The van der Waals surface area contributed by atoms with Crippen LogP contribution in [0, 0.1) is 11.7 Å². The van der Waals surface area contributed by atoms with Crippen molar-refractivity contribution in [2.45, 2.75) is 25.3 Å². The van der Waals surface area contributed by atoms with Gasteiger partial charge in [-0.1, -0.05) is 18.2 Å². The first-order valence-electron chi connectivity index (χ1n) is 10.2. The molecule has 1 N–H and O–H groups in total. The zero-order chi connectivity index (χ0) is 19.6. The highest BCUT2D eigenvalue weighted by Crippen LogP contribution is 2.27. The Kier molecular flexibility index (Phi) is 4.97. The molecule has 2 atom stereocenters. The standard InChI is InChI=1S/C22H24FN5O/c23-18-12-25-22(27-21(18)28-9-3-4-10-28)26-20-14-29-13-16(20)11-15-7-8-24-19-6-2-1-5-17(15)19/h1-2,5-8,12,16,20H,3-4,9-11,13-14H2,(H,25,26,27). The second kappa shape index (κ2) is 7.91. The normalized spacial score (nSPS) is 21.8. The summed E-state index contributed by atoms with van der Waals surface area (Å²) < 4.78 is 20.0. The Balaban J connectivity index is 1.34. The lowest BCUT2D eigenvalue weighted by atomic mass is 9.93. The molecular weight excluding hydrogens is 369 g/mol. The van der Waals surface area contributed by atoms with Crippen LogP contribution >= 0.6 is 0 Å². The van der Waals surface area contributed by atoms with Gasteiger partial charge in [0.05, 0.1) is 31.0 Å². The van der Waals surface area contributed by atoms with Crippen LogP contribution in [0.25, 0.3) is 10.9 Å². The minimum absolute atomic E-state index is 0.0822. The fraction of sp³-hybridized carbons (Fsp3) is 0.409. The summed E-state index contributed by atoms with van der Waals surface area (Å²) in [6, 6.07) is 10.4. The number of hydrogen-bond acceptors (Lipinski definition) is 6. The summed E-state index contributed by atoms with van der Waals surface area (Å²) in [6.07, 6.45) is 6.15. The average molecular weight is 393 g/mol. The number of pyridine rings is 1. The number of nitrogens with one attached hydrogen (secondary N) is 1. The molecule has 7 heteroatoms. The molecule has 2 aliphatic rings. The van der Waals surface area contributed by atoms with Crippen molar-refractivity contribution in [3.05, 3.63) is 54.1 Å². The number of aromatic nitrogens is 3. The molecule has 0 bridgehead atoms. The maximum atomic E-state index is 14.2. The molecule has 0 aliphatic carbocycles. The molecule has 3 aromatic rings. The fourth-order valence-electron chi connectivity index (χ4n) is 4.32. The molecule has 0 spiro atoms. The van der Waals surface area contributed by atoms with Crippen molar-refractivity contribution < 1.29 is 9.13 Å². The maximum absolute atomic E-state index is 14.2. The zero-order valence-electron chi connectivity index (χ0n) is 16.2. The van der Waals surface area contributed by atoms with Crippen LogP contribution in [-0.2, 0) is 11.2 Å². The molecule has 150 valence electrons. The minimum atomic E-state index is -0.361. The molecule has 6 nitrogen and oxygen atoms in total. The Hall–Kier alpha value is -2.80. The quantitative estimate of drug-likeness (QED) is 0.717. The maximum Gasteiger partial charge on any atom is 0.225 e. The van der Waals surface area contributed by atoms with E-state index in [-0.39, 0.29) is 17.8 Å². The van der Waals surface area contributed by atoms with E-state index in [1.807, 2.05) is 29.3 Å². The first-order valence-corrected chi connectivity index (χ1v) is 10.2. The molecular formula is C22H24FN5O. The highest BCUT2D eigenvalue weighted by Gasteiger charge is 2.30. The van der Waals surface area contributed by atoms with Gasteiger partial charge in [-0.05, 0) is 37.0 Å². The number of rotatable bonds is 5. The van der Waals surface area contributed by atoms with E-state index in [2.05, 4.69) is 32.4 Å². The second-order valence-electron chi connectivity index (χ2n) is 7.80. The summed E-state index contributed by atoms with van der Waals surface area (Å²) in [6.45, 7) is 2.96. The van der Waals surface area contributed by atoms with Gasteiger partial charge >= 0.3 is 0 Å².